The first-order chi connectivity index (χ1) is 14.5. The highest BCUT2D eigenvalue weighted by Gasteiger charge is 2.32. The molecular formula is C21H16ClN3O5. The first kappa shape index (κ1) is 19.7. The fourth-order valence-corrected chi connectivity index (χ4v) is 3.26. The van der Waals surface area contributed by atoms with Crippen molar-refractivity contribution in [3.8, 4) is 23.0 Å². The highest BCUT2D eigenvalue weighted by Crippen LogP contribution is 2.35. The van der Waals surface area contributed by atoms with Gasteiger partial charge in [-0.05, 0) is 42.5 Å². The van der Waals surface area contributed by atoms with Gasteiger partial charge < -0.3 is 19.2 Å². The maximum atomic E-state index is 13.0. The lowest BCUT2D eigenvalue weighted by atomic mass is 9.88. The monoisotopic (exact) mass is 425 g/mol. The SMILES string of the molecule is COc1ccc(OC)c2c1C(=O)C=C(CNc1nnc(-c3ccc(Cl)cc3)o1)C2=O. The average molecular weight is 426 g/mol. The number of hydrogen-bond acceptors (Lipinski definition) is 8. The molecule has 1 aliphatic rings. The van der Waals surface area contributed by atoms with Crippen LogP contribution in [-0.2, 0) is 0 Å². The van der Waals surface area contributed by atoms with Crippen molar-refractivity contribution in [2.75, 3.05) is 26.1 Å². The Morgan fingerprint density at radius 3 is 2.30 bits per heavy atom. The zero-order valence-corrected chi connectivity index (χ0v) is 16.8. The van der Waals surface area contributed by atoms with Crippen LogP contribution in [0, 0.1) is 0 Å². The zero-order chi connectivity index (χ0) is 21.3. The van der Waals surface area contributed by atoms with Crippen molar-refractivity contribution in [2.45, 2.75) is 0 Å². The Hall–Kier alpha value is -3.65. The molecule has 152 valence electrons. The maximum absolute atomic E-state index is 13.0. The Morgan fingerprint density at radius 2 is 1.63 bits per heavy atom. The summed E-state index contributed by atoms with van der Waals surface area (Å²) in [5.74, 6) is 0.232. The summed E-state index contributed by atoms with van der Waals surface area (Å²) >= 11 is 5.88. The van der Waals surface area contributed by atoms with Crippen LogP contribution in [0.5, 0.6) is 11.5 Å². The molecule has 0 unspecified atom stereocenters. The van der Waals surface area contributed by atoms with Gasteiger partial charge in [0.05, 0.1) is 25.3 Å². The maximum Gasteiger partial charge on any atom is 0.316 e. The molecule has 3 aromatic rings. The van der Waals surface area contributed by atoms with Crippen LogP contribution in [-0.4, -0.2) is 42.5 Å². The summed E-state index contributed by atoms with van der Waals surface area (Å²) in [6.45, 7) is 0.0205. The number of nitrogens with zero attached hydrogens (tertiary/aromatic N) is 2. The molecule has 0 spiro atoms. The third-order valence-electron chi connectivity index (χ3n) is 4.59. The lowest BCUT2D eigenvalue weighted by Crippen LogP contribution is -2.23. The number of Topliss-reactive ketones (excluding diaryl/α,β-unsaturated/α-hetero) is 1. The smallest absolute Gasteiger partial charge is 0.316 e. The van der Waals surface area contributed by atoms with E-state index in [4.69, 9.17) is 25.5 Å². The van der Waals surface area contributed by atoms with Crippen LogP contribution in [0.25, 0.3) is 11.5 Å². The molecule has 1 N–H and O–H groups in total. The quantitative estimate of drug-likeness (QED) is 0.635. The minimum absolute atomic E-state index is 0.0205. The molecule has 1 aromatic heterocycles. The van der Waals surface area contributed by atoms with Crippen LogP contribution in [0.3, 0.4) is 0 Å². The van der Waals surface area contributed by atoms with E-state index in [1.54, 1.807) is 36.4 Å². The van der Waals surface area contributed by atoms with Crippen molar-refractivity contribution in [2.24, 2.45) is 0 Å². The summed E-state index contributed by atoms with van der Waals surface area (Å²) in [5.41, 5.74) is 1.31. The third kappa shape index (κ3) is 3.53. The van der Waals surface area contributed by atoms with Crippen molar-refractivity contribution in [3.63, 3.8) is 0 Å². The topological polar surface area (TPSA) is 104 Å². The number of hydrogen-bond donors (Lipinski definition) is 1. The molecule has 0 saturated carbocycles. The number of benzene rings is 2. The van der Waals surface area contributed by atoms with Gasteiger partial charge in [-0.3, -0.25) is 9.59 Å². The molecule has 9 heteroatoms. The van der Waals surface area contributed by atoms with Crippen LogP contribution < -0.4 is 14.8 Å². The Bertz CT molecular complexity index is 1170. The van der Waals surface area contributed by atoms with Crippen molar-refractivity contribution >= 4 is 29.2 Å². The van der Waals surface area contributed by atoms with Gasteiger partial charge in [0.25, 0.3) is 0 Å². The number of allylic oxidation sites excluding steroid dienone is 1. The molecule has 0 bridgehead atoms. The van der Waals surface area contributed by atoms with E-state index in [-0.39, 0.29) is 40.8 Å². The molecule has 0 amide bonds. The second-order valence-electron chi connectivity index (χ2n) is 6.36. The number of methoxy groups -OCH3 is 2. The van der Waals surface area contributed by atoms with Crippen molar-refractivity contribution in [1.82, 2.24) is 10.2 Å². The van der Waals surface area contributed by atoms with E-state index in [0.29, 0.717) is 28.0 Å². The molecule has 0 radical (unpaired) electrons. The second kappa shape index (κ2) is 8.00. The van der Waals surface area contributed by atoms with E-state index in [0.717, 1.165) is 0 Å². The molecule has 8 nitrogen and oxygen atoms in total. The first-order valence-corrected chi connectivity index (χ1v) is 9.27. The molecule has 0 fully saturated rings. The predicted octanol–water partition coefficient (Wildman–Crippen LogP) is 3.82. The molecule has 0 atom stereocenters. The van der Waals surface area contributed by atoms with Crippen molar-refractivity contribution in [3.05, 3.63) is 64.2 Å². The normalized spacial score (nSPS) is 13.0. The molecule has 4 rings (SSSR count). The number of carbonyl (C=O) groups excluding carboxylic acids is 2. The van der Waals surface area contributed by atoms with Crippen LogP contribution in [0.15, 0.2) is 52.5 Å². The van der Waals surface area contributed by atoms with E-state index < -0.39 is 0 Å². The first-order valence-electron chi connectivity index (χ1n) is 8.89. The lowest BCUT2D eigenvalue weighted by Gasteiger charge is -2.19. The van der Waals surface area contributed by atoms with Gasteiger partial charge >= 0.3 is 6.01 Å². The van der Waals surface area contributed by atoms with E-state index in [2.05, 4.69) is 15.5 Å². The summed E-state index contributed by atoms with van der Waals surface area (Å²) < 4.78 is 16.1. The van der Waals surface area contributed by atoms with E-state index in [1.807, 2.05) is 0 Å². The van der Waals surface area contributed by atoms with E-state index in [1.165, 1.54) is 20.3 Å². The number of fused-ring (bicyclic) bond motifs is 1. The number of anilines is 1. The number of nitrogens with one attached hydrogen (secondary N) is 1. The van der Waals surface area contributed by atoms with E-state index >= 15 is 0 Å². The van der Waals surface area contributed by atoms with Gasteiger partial charge in [-0.2, -0.15) is 0 Å². The number of carbonyl (C=O) groups is 2. The Balaban J connectivity index is 1.55. The summed E-state index contributed by atoms with van der Waals surface area (Å²) in [6, 6.07) is 10.2. The largest absolute Gasteiger partial charge is 0.496 e. The molecule has 2 aromatic carbocycles. The third-order valence-corrected chi connectivity index (χ3v) is 4.84. The van der Waals surface area contributed by atoms with Crippen LogP contribution in [0.1, 0.15) is 20.7 Å². The molecule has 0 aliphatic heterocycles. The zero-order valence-electron chi connectivity index (χ0n) is 16.1. The standard InChI is InChI=1S/C21H16ClN3O5/c1-28-15-7-8-16(29-2)18-17(15)14(26)9-12(19(18)27)10-23-21-25-24-20(30-21)11-3-5-13(22)6-4-11/h3-9H,10H2,1-2H3,(H,23,25). The summed E-state index contributed by atoms with van der Waals surface area (Å²) in [6.07, 6.45) is 1.27. The van der Waals surface area contributed by atoms with Gasteiger partial charge in [0.1, 0.15) is 11.5 Å². The van der Waals surface area contributed by atoms with Gasteiger partial charge in [0.15, 0.2) is 11.6 Å². The van der Waals surface area contributed by atoms with Crippen molar-refractivity contribution < 1.29 is 23.5 Å². The predicted molar refractivity (Wildman–Crippen MR) is 110 cm³/mol. The lowest BCUT2D eigenvalue weighted by molar-refractivity contribution is 0.0978. The minimum Gasteiger partial charge on any atom is -0.496 e. The molecule has 0 saturated heterocycles. The van der Waals surface area contributed by atoms with Gasteiger partial charge in [-0.1, -0.05) is 16.7 Å². The number of ether oxygens (including phenoxy) is 2. The number of halogens is 1. The molecule has 30 heavy (non-hydrogen) atoms. The number of aromatic nitrogens is 2. The Morgan fingerprint density at radius 1 is 0.967 bits per heavy atom. The van der Waals surface area contributed by atoms with Gasteiger partial charge in [-0.25, -0.2) is 0 Å². The fourth-order valence-electron chi connectivity index (χ4n) is 3.14. The van der Waals surface area contributed by atoms with Gasteiger partial charge in [0, 0.05) is 22.7 Å². The number of rotatable bonds is 6. The molecular weight excluding hydrogens is 410 g/mol. The van der Waals surface area contributed by atoms with Crippen LogP contribution in [0.2, 0.25) is 5.02 Å². The Labute approximate surface area is 176 Å². The highest BCUT2D eigenvalue weighted by molar-refractivity contribution is 6.30. The number of ketones is 2. The summed E-state index contributed by atoms with van der Waals surface area (Å²) in [7, 11) is 2.88. The average Bonchev–Trinajstić information content (AvgIpc) is 3.23. The summed E-state index contributed by atoms with van der Waals surface area (Å²) in [4.78, 5) is 25.7. The minimum atomic E-state index is -0.343. The molecule has 1 aliphatic carbocycles. The van der Waals surface area contributed by atoms with Gasteiger partial charge in [-0.15, -0.1) is 5.10 Å². The van der Waals surface area contributed by atoms with Crippen LogP contribution >= 0.6 is 11.6 Å². The highest BCUT2D eigenvalue weighted by atomic mass is 35.5. The second-order valence-corrected chi connectivity index (χ2v) is 6.79. The fraction of sp³-hybridized carbons (Fsp3) is 0.143. The van der Waals surface area contributed by atoms with E-state index in [9.17, 15) is 9.59 Å². The Kier molecular flexibility index (Phi) is 5.24. The summed E-state index contributed by atoms with van der Waals surface area (Å²) in [5, 5.41) is 11.4. The molecule has 1 heterocycles. The van der Waals surface area contributed by atoms with Crippen LogP contribution in [0.4, 0.5) is 6.01 Å². The van der Waals surface area contributed by atoms with Crippen molar-refractivity contribution in [1.29, 1.82) is 0 Å². The van der Waals surface area contributed by atoms with Gasteiger partial charge in [0.2, 0.25) is 5.89 Å².